The fourth-order valence-corrected chi connectivity index (χ4v) is 16.2. The second-order valence-electron chi connectivity index (χ2n) is 25.4. The highest BCUT2D eigenvalue weighted by atomic mass is 16.8. The van der Waals surface area contributed by atoms with Crippen LogP contribution in [-0.2, 0) is 32.7 Å². The van der Waals surface area contributed by atoms with Crippen molar-refractivity contribution in [2.45, 2.75) is 142 Å². The van der Waals surface area contributed by atoms with E-state index < -0.39 is 108 Å². The number of aliphatic hydroxyl groups is 7. The summed E-state index contributed by atoms with van der Waals surface area (Å²) in [4.78, 5) is 47.7. The van der Waals surface area contributed by atoms with E-state index in [0.717, 1.165) is 45.4 Å². The van der Waals surface area contributed by atoms with E-state index in [1.165, 1.54) is 18.2 Å². The molecule has 2 aliphatic heterocycles. The third kappa shape index (κ3) is 11.2. The second-order valence-corrected chi connectivity index (χ2v) is 25.4. The molecule has 4 aliphatic carbocycles. The third-order valence-electron chi connectivity index (χ3n) is 20.3. The van der Waals surface area contributed by atoms with Gasteiger partial charge in [-0.1, -0.05) is 60.5 Å². The molecule has 18 N–H and O–H groups in total. The number of nitrogens with two attached hydrogens (primary N) is 1. The number of aliphatic hydroxyl groups excluding tert-OH is 6. The summed E-state index contributed by atoms with van der Waals surface area (Å²) < 4.78 is 11.2. The molecule has 1 saturated heterocycles. The van der Waals surface area contributed by atoms with Gasteiger partial charge in [-0.15, -0.1) is 0 Å². The van der Waals surface area contributed by atoms with Crippen LogP contribution < -0.4 is 26.0 Å². The molecule has 2 fully saturated rings. The van der Waals surface area contributed by atoms with Crippen LogP contribution >= 0.6 is 0 Å². The molecule has 14 atom stereocenters. The largest absolute Gasteiger partial charge is 0.508 e. The number of imidazole rings is 1. The first-order valence-corrected chi connectivity index (χ1v) is 31.6. The topological polar surface area (TPSA) is 406 Å². The number of carboxylic acid groups (broad SMARTS) is 1. The number of carbonyl (C=O) groups excluding carboxylic acids is 1. The number of carboxylic acids is 1. The van der Waals surface area contributed by atoms with Gasteiger partial charge in [0, 0.05) is 89.5 Å². The minimum Gasteiger partial charge on any atom is -0.508 e. The lowest BCUT2D eigenvalue weighted by atomic mass is 9.45. The van der Waals surface area contributed by atoms with Crippen molar-refractivity contribution in [2.75, 3.05) is 36.5 Å². The van der Waals surface area contributed by atoms with Gasteiger partial charge in [0.25, 0.3) is 5.91 Å². The number of guanidine groups is 1. The first-order valence-electron chi connectivity index (χ1n) is 31.6. The lowest BCUT2D eigenvalue weighted by molar-refractivity contribution is -0.422. The molecule has 1 saturated carbocycles. The molecular weight excluding hydrogens is 1180 g/mol. The number of hydrogen-bond acceptors (Lipinski definition) is 18. The molecule has 0 spiro atoms. The summed E-state index contributed by atoms with van der Waals surface area (Å²) in [5, 5.41) is 146. The number of carbonyl (C=O) groups is 2. The van der Waals surface area contributed by atoms with Crippen molar-refractivity contribution in [3.05, 3.63) is 160 Å². The van der Waals surface area contributed by atoms with Crippen molar-refractivity contribution in [3.63, 3.8) is 0 Å². The molecule has 0 radical (unpaired) electrons. The molecule has 14 unspecified atom stereocenters. The molecule has 12 rings (SSSR count). The zero-order valence-corrected chi connectivity index (χ0v) is 50.6. The number of hydrogen-bond donors (Lipinski definition) is 17. The number of phenols is 4. The Morgan fingerprint density at radius 3 is 2.47 bits per heavy atom. The normalized spacial score (nSPS) is 29.4. The number of allylic oxidation sites excluding steroid dienone is 1. The Kier molecular flexibility index (Phi) is 17.9. The van der Waals surface area contributed by atoms with Crippen LogP contribution in [0.1, 0.15) is 127 Å². The maximum Gasteiger partial charge on any atom is 0.355 e. The summed E-state index contributed by atoms with van der Waals surface area (Å²) in [7, 11) is 0. The van der Waals surface area contributed by atoms with E-state index in [2.05, 4.69) is 30.6 Å². The van der Waals surface area contributed by atoms with Gasteiger partial charge in [-0.2, -0.15) is 0 Å². The van der Waals surface area contributed by atoms with Gasteiger partial charge in [-0.3, -0.25) is 9.69 Å². The van der Waals surface area contributed by atoms with Crippen molar-refractivity contribution in [1.82, 2.24) is 20.3 Å². The van der Waals surface area contributed by atoms with Crippen LogP contribution in [0.4, 0.5) is 11.5 Å². The number of aromatic amines is 2. The molecule has 488 valence electrons. The predicted molar refractivity (Wildman–Crippen MR) is 337 cm³/mol. The SMILES string of the molecule is NC(=NCc1ccccc1)NCCCC(O)CCC1=CC2(C(=O)O)C(c3c(cc(OC4(O)OC(CO)C(O)C(O)C4O)c(O)c3O)N2C(=O)C=Cc2ccc(O)c(C3CCC(CNc4ccc[nH]4)c4nc[nH]c43)c2)C1C12c3c(O)cccc3CCC1CCCC2CO. The number of aliphatic carboxylic acids is 1. The number of aromatic hydroxyl groups is 4. The summed E-state index contributed by atoms with van der Waals surface area (Å²) >= 11 is 0. The number of rotatable bonds is 21. The molecule has 1 amide bonds. The Balaban J connectivity index is 0.961. The summed E-state index contributed by atoms with van der Waals surface area (Å²) in [5.41, 5.74) is 6.93. The standard InChI is InChI=1S/C68H80N8O16/c69-65(73-31-37-8-2-1-3-9-37)71-27-6-13-43(79)22-19-39-30-66(64(88)89)56(55(39)67-41(11-5-12-42(67)33-77)21-18-38-10-4-14-48(81)54(38)67)53-46(29-49(59(83)61(53)85)91-68(90)63(87)62(86)60(84)50(34-78)92-68)76(66)52(82)25-17-36-16-24-47(80)45(28-36)44-23-20-40(57-58(44)75-35-74-57)32-72-51-15-7-26-70-51/h1-4,7-10,14-17,24-26,28-30,35,40-44,50,55-56,60,62-63,70,72,77-81,83-87,90H,5-6,11-13,18-23,27,31-34H2,(H,74,75)(H,88,89)(H3,69,71,73). The Morgan fingerprint density at radius 1 is 0.891 bits per heavy atom. The summed E-state index contributed by atoms with van der Waals surface area (Å²) in [6.07, 6.45) is 2.96. The maximum absolute atomic E-state index is 15.9. The Bertz CT molecular complexity index is 3770. The Morgan fingerprint density at radius 2 is 1.71 bits per heavy atom. The summed E-state index contributed by atoms with van der Waals surface area (Å²) in [5.74, 6) is -12.0. The van der Waals surface area contributed by atoms with Crippen molar-refractivity contribution >= 4 is 35.4 Å². The minimum absolute atomic E-state index is 0.0180. The van der Waals surface area contributed by atoms with Gasteiger partial charge in [0.2, 0.25) is 5.75 Å². The number of aryl methyl sites for hydroxylation is 1. The predicted octanol–water partition coefficient (Wildman–Crippen LogP) is 5.02. The van der Waals surface area contributed by atoms with Crippen molar-refractivity contribution in [3.8, 4) is 28.7 Å². The fourth-order valence-electron chi connectivity index (χ4n) is 16.2. The van der Waals surface area contributed by atoms with E-state index in [0.29, 0.717) is 93.3 Å². The molecule has 2 aromatic heterocycles. The number of ether oxygens (including phenoxy) is 2. The van der Waals surface area contributed by atoms with E-state index in [4.69, 9.17) is 15.2 Å². The van der Waals surface area contributed by atoms with Crippen LogP contribution in [0.5, 0.6) is 28.7 Å². The Hall–Kier alpha value is -8.46. The fraction of sp³-hybridized carbons (Fsp3) is 0.441. The molecule has 0 bridgehead atoms. The quantitative estimate of drug-likeness (QED) is 0.00855. The highest BCUT2D eigenvalue weighted by Crippen LogP contribution is 2.72. The number of anilines is 2. The van der Waals surface area contributed by atoms with Crippen LogP contribution in [0.2, 0.25) is 0 Å². The van der Waals surface area contributed by atoms with Crippen molar-refractivity contribution in [2.24, 2.45) is 28.5 Å². The molecule has 6 aliphatic rings. The van der Waals surface area contributed by atoms with Crippen molar-refractivity contribution in [1.29, 1.82) is 0 Å². The monoisotopic (exact) mass is 1260 g/mol. The zero-order chi connectivity index (χ0) is 64.8. The highest BCUT2D eigenvalue weighted by Gasteiger charge is 2.72. The minimum atomic E-state index is -3.37. The average molecular weight is 1270 g/mol. The van der Waals surface area contributed by atoms with E-state index in [9.17, 15) is 61.3 Å². The molecular formula is C68H80N8O16. The number of nitrogens with one attached hydrogen (secondary N) is 4. The molecule has 24 nitrogen and oxygen atoms in total. The number of phenolic OH excluding ortho intramolecular Hbond substituents is 4. The molecule has 4 aromatic carbocycles. The van der Waals surface area contributed by atoms with Gasteiger partial charge in [0.15, 0.2) is 29.1 Å². The number of aliphatic imine (C=N–C) groups is 1. The number of aromatic nitrogens is 3. The molecule has 92 heavy (non-hydrogen) atoms. The van der Waals surface area contributed by atoms with Gasteiger partial charge >= 0.3 is 11.9 Å². The number of benzene rings is 4. The van der Waals surface area contributed by atoms with Gasteiger partial charge < -0.3 is 97.1 Å². The highest BCUT2D eigenvalue weighted by molar-refractivity contribution is 6.14. The second kappa shape index (κ2) is 25.9. The zero-order valence-electron chi connectivity index (χ0n) is 50.6. The van der Waals surface area contributed by atoms with E-state index in [1.54, 1.807) is 30.6 Å². The van der Waals surface area contributed by atoms with Crippen LogP contribution in [0.15, 0.2) is 120 Å². The molecule has 4 heterocycles. The van der Waals surface area contributed by atoms with Crippen LogP contribution in [0.25, 0.3) is 6.08 Å². The van der Waals surface area contributed by atoms with Gasteiger partial charge in [0.1, 0.15) is 35.6 Å². The van der Waals surface area contributed by atoms with Crippen LogP contribution in [0.3, 0.4) is 0 Å². The van der Waals surface area contributed by atoms with E-state index >= 15 is 9.59 Å². The first kappa shape index (κ1) is 63.7. The smallest absolute Gasteiger partial charge is 0.355 e. The molecule has 6 aromatic rings. The third-order valence-corrected chi connectivity index (χ3v) is 20.3. The maximum atomic E-state index is 15.9. The summed E-state index contributed by atoms with van der Waals surface area (Å²) in [6, 6.07) is 24.3. The average Bonchev–Trinajstić information content (AvgIpc) is 1.47. The number of fused-ring (bicyclic) bond motifs is 7. The summed E-state index contributed by atoms with van der Waals surface area (Å²) in [6.45, 7) is -0.0987. The lowest BCUT2D eigenvalue weighted by Gasteiger charge is -2.58. The number of H-pyrrole nitrogens is 2. The van der Waals surface area contributed by atoms with Gasteiger partial charge in [0.05, 0.1) is 37.0 Å². The first-order chi connectivity index (χ1) is 44.3. The number of nitrogens with zero attached hydrogens (tertiary/aromatic N) is 3. The van der Waals surface area contributed by atoms with Crippen LogP contribution in [-0.4, -0.2) is 162 Å². The molecule has 24 heteroatoms. The Labute approximate surface area is 530 Å². The van der Waals surface area contributed by atoms with E-state index in [-0.39, 0.29) is 65.7 Å². The van der Waals surface area contributed by atoms with Crippen LogP contribution in [0, 0.1) is 17.8 Å². The van der Waals surface area contributed by atoms with E-state index in [1.807, 2.05) is 54.7 Å². The van der Waals surface area contributed by atoms with Crippen molar-refractivity contribution < 1.29 is 80.3 Å². The van der Waals surface area contributed by atoms with Gasteiger partial charge in [-0.25, -0.2) is 14.8 Å². The van der Waals surface area contributed by atoms with Gasteiger partial charge in [-0.05, 0) is 135 Å². The lowest BCUT2D eigenvalue weighted by Crippen LogP contribution is -2.67. The number of amides is 1.